The number of hydrogen-bond acceptors (Lipinski definition) is 7. The number of nitrogens with zero attached hydrogens (tertiary/aromatic N) is 1. The third-order valence-corrected chi connectivity index (χ3v) is 6.07. The molecular weight excluding hydrogens is 469 g/mol. The molecule has 1 amide bonds. The van der Waals surface area contributed by atoms with Gasteiger partial charge < -0.3 is 14.2 Å². The van der Waals surface area contributed by atoms with Gasteiger partial charge in [0.15, 0.2) is 22.4 Å². The monoisotopic (exact) mass is 483 g/mol. The molecule has 0 saturated carbocycles. The Morgan fingerprint density at radius 1 is 1.20 bits per heavy atom. The van der Waals surface area contributed by atoms with Gasteiger partial charge in [0.05, 0.1) is 34.9 Å². The molecule has 1 aliphatic heterocycles. The van der Waals surface area contributed by atoms with E-state index in [1.165, 1.54) is 19.1 Å². The Morgan fingerprint density at radius 3 is 2.63 bits per heavy atom. The fraction of sp³-hybridized carbons (Fsp3) is 0.150. The van der Waals surface area contributed by atoms with Gasteiger partial charge in [-0.05, 0) is 30.3 Å². The molecule has 30 heavy (non-hydrogen) atoms. The molecule has 0 spiro atoms. The third-order valence-electron chi connectivity index (χ3n) is 4.03. The van der Waals surface area contributed by atoms with Gasteiger partial charge >= 0.3 is 5.97 Å². The topological polar surface area (TPSA) is 65.1 Å². The molecule has 6 nitrogen and oxygen atoms in total. The number of amides is 1. The summed E-state index contributed by atoms with van der Waals surface area (Å²) < 4.78 is 15.9. The van der Waals surface area contributed by atoms with E-state index in [0.29, 0.717) is 42.0 Å². The average molecular weight is 484 g/mol. The highest BCUT2D eigenvalue weighted by Gasteiger charge is 2.34. The van der Waals surface area contributed by atoms with Crippen LogP contribution in [0.25, 0.3) is 6.08 Å². The van der Waals surface area contributed by atoms with Crippen LogP contribution in [0, 0.1) is 0 Å². The summed E-state index contributed by atoms with van der Waals surface area (Å²) in [7, 11) is 2.75. The Kier molecular flexibility index (Phi) is 7.25. The van der Waals surface area contributed by atoms with Gasteiger partial charge in [-0.25, -0.2) is 4.79 Å². The van der Waals surface area contributed by atoms with Crippen molar-refractivity contribution in [3.8, 4) is 11.5 Å². The van der Waals surface area contributed by atoms with E-state index in [9.17, 15) is 9.59 Å². The van der Waals surface area contributed by atoms with Gasteiger partial charge in [-0.2, -0.15) is 0 Å². The fourth-order valence-electron chi connectivity index (χ4n) is 2.61. The molecule has 0 bridgehead atoms. The van der Waals surface area contributed by atoms with Gasteiger partial charge in [0.2, 0.25) is 0 Å². The molecule has 0 N–H and O–H groups in total. The second-order valence-electron chi connectivity index (χ2n) is 5.86. The minimum atomic E-state index is -0.544. The molecule has 1 heterocycles. The summed E-state index contributed by atoms with van der Waals surface area (Å²) in [5.74, 6) is -0.138. The van der Waals surface area contributed by atoms with E-state index in [-0.39, 0.29) is 12.5 Å². The smallest absolute Gasteiger partial charge is 0.343 e. The molecule has 0 atom stereocenters. The Hall–Kier alpha value is -2.26. The summed E-state index contributed by atoms with van der Waals surface area (Å²) >= 11 is 18.6. The molecule has 10 heteroatoms. The van der Waals surface area contributed by atoms with Crippen LogP contribution in [0.15, 0.2) is 41.3 Å². The van der Waals surface area contributed by atoms with E-state index in [2.05, 4.69) is 4.74 Å². The first-order chi connectivity index (χ1) is 14.3. The zero-order valence-corrected chi connectivity index (χ0v) is 19.0. The standard InChI is InChI=1S/C20H15Cl2NO5S2/c1-26-15-5-3-4-11(18(15)28-10-17(24)27-2)8-16-19(25)23(20(29)30-16)12-6-7-13(21)14(22)9-12/h3-9H,10H2,1-2H3/b16-8-. The highest BCUT2D eigenvalue weighted by Crippen LogP contribution is 2.40. The van der Waals surface area contributed by atoms with Gasteiger partial charge in [0, 0.05) is 5.56 Å². The Morgan fingerprint density at radius 2 is 1.97 bits per heavy atom. The summed E-state index contributed by atoms with van der Waals surface area (Å²) in [4.78, 5) is 26.3. The number of carbonyl (C=O) groups is 2. The van der Waals surface area contributed by atoms with Crippen LogP contribution in [0.3, 0.4) is 0 Å². The Balaban J connectivity index is 1.95. The highest BCUT2D eigenvalue weighted by atomic mass is 35.5. The lowest BCUT2D eigenvalue weighted by atomic mass is 10.1. The lowest BCUT2D eigenvalue weighted by Crippen LogP contribution is -2.27. The normalized spacial score (nSPS) is 14.9. The van der Waals surface area contributed by atoms with E-state index in [4.69, 9.17) is 44.9 Å². The van der Waals surface area contributed by atoms with Crippen LogP contribution in [0.4, 0.5) is 5.69 Å². The number of methoxy groups -OCH3 is 2. The highest BCUT2D eigenvalue weighted by molar-refractivity contribution is 8.27. The number of para-hydroxylation sites is 1. The summed E-state index contributed by atoms with van der Waals surface area (Å²) in [6, 6.07) is 10.0. The van der Waals surface area contributed by atoms with Crippen molar-refractivity contribution in [3.05, 3.63) is 56.9 Å². The third kappa shape index (κ3) is 4.73. The second-order valence-corrected chi connectivity index (χ2v) is 8.35. The van der Waals surface area contributed by atoms with Gasteiger partial charge in [-0.15, -0.1) is 0 Å². The van der Waals surface area contributed by atoms with Gasteiger partial charge in [0.1, 0.15) is 0 Å². The Labute approximate surface area is 192 Å². The molecule has 0 unspecified atom stereocenters. The summed E-state index contributed by atoms with van der Waals surface area (Å²) in [5, 5.41) is 0.698. The summed E-state index contributed by atoms with van der Waals surface area (Å²) in [5.41, 5.74) is 1.07. The molecule has 1 saturated heterocycles. The average Bonchev–Trinajstić information content (AvgIpc) is 3.01. The second kappa shape index (κ2) is 9.70. The largest absolute Gasteiger partial charge is 0.493 e. The zero-order valence-electron chi connectivity index (χ0n) is 15.8. The maximum Gasteiger partial charge on any atom is 0.343 e. The Bertz CT molecular complexity index is 1060. The molecule has 2 aromatic rings. The molecule has 1 fully saturated rings. The van der Waals surface area contributed by atoms with Crippen LogP contribution in [-0.2, 0) is 14.3 Å². The quantitative estimate of drug-likeness (QED) is 0.326. The summed E-state index contributed by atoms with van der Waals surface area (Å²) in [6.45, 7) is -0.304. The van der Waals surface area contributed by atoms with E-state index >= 15 is 0 Å². The van der Waals surface area contributed by atoms with Crippen molar-refractivity contribution in [2.24, 2.45) is 0 Å². The predicted molar refractivity (Wildman–Crippen MR) is 123 cm³/mol. The minimum absolute atomic E-state index is 0.304. The number of ether oxygens (including phenoxy) is 3. The predicted octanol–water partition coefficient (Wildman–Crippen LogP) is 4.96. The molecule has 156 valence electrons. The van der Waals surface area contributed by atoms with Gasteiger partial charge in [-0.1, -0.05) is 59.3 Å². The number of anilines is 1. The van der Waals surface area contributed by atoms with Crippen molar-refractivity contribution in [1.29, 1.82) is 0 Å². The van der Waals surface area contributed by atoms with Crippen LogP contribution in [0.2, 0.25) is 10.0 Å². The van der Waals surface area contributed by atoms with E-state index in [0.717, 1.165) is 11.8 Å². The minimum Gasteiger partial charge on any atom is -0.493 e. The number of benzene rings is 2. The van der Waals surface area contributed by atoms with Crippen molar-refractivity contribution in [2.45, 2.75) is 0 Å². The number of thiocarbonyl (C=S) groups is 1. The molecule has 3 rings (SSSR count). The SMILES string of the molecule is COC(=O)COc1c(/C=C2\SC(=S)N(c3ccc(Cl)c(Cl)c3)C2=O)cccc1OC. The number of rotatable bonds is 6. The fourth-order valence-corrected chi connectivity index (χ4v) is 4.19. The maximum atomic E-state index is 13.0. The van der Waals surface area contributed by atoms with E-state index in [1.54, 1.807) is 42.5 Å². The summed E-state index contributed by atoms with van der Waals surface area (Å²) in [6.07, 6.45) is 1.63. The number of halogens is 2. The number of carbonyl (C=O) groups excluding carboxylic acids is 2. The van der Waals surface area contributed by atoms with Crippen molar-refractivity contribution in [1.82, 2.24) is 0 Å². The van der Waals surface area contributed by atoms with Gasteiger partial charge in [0.25, 0.3) is 5.91 Å². The maximum absolute atomic E-state index is 13.0. The van der Waals surface area contributed by atoms with Crippen molar-refractivity contribution >= 4 is 75.1 Å². The molecule has 2 aromatic carbocycles. The molecule has 0 aromatic heterocycles. The van der Waals surface area contributed by atoms with Crippen LogP contribution >= 0.6 is 47.2 Å². The number of thioether (sulfide) groups is 1. The first kappa shape index (κ1) is 22.4. The van der Waals surface area contributed by atoms with Crippen molar-refractivity contribution in [2.75, 3.05) is 25.7 Å². The molecule has 0 aliphatic carbocycles. The molecule has 1 aliphatic rings. The lowest BCUT2D eigenvalue weighted by Gasteiger charge is -2.15. The lowest BCUT2D eigenvalue weighted by molar-refractivity contribution is -0.142. The van der Waals surface area contributed by atoms with Crippen LogP contribution in [0.5, 0.6) is 11.5 Å². The molecule has 0 radical (unpaired) electrons. The van der Waals surface area contributed by atoms with Crippen LogP contribution in [-0.4, -0.2) is 37.0 Å². The number of esters is 1. The first-order valence-electron chi connectivity index (χ1n) is 8.45. The molecular formula is C20H15Cl2NO5S2. The van der Waals surface area contributed by atoms with Gasteiger partial charge in [-0.3, -0.25) is 9.69 Å². The zero-order chi connectivity index (χ0) is 21.8. The number of hydrogen-bond donors (Lipinski definition) is 0. The van der Waals surface area contributed by atoms with E-state index < -0.39 is 5.97 Å². The van der Waals surface area contributed by atoms with Crippen molar-refractivity contribution in [3.63, 3.8) is 0 Å². The van der Waals surface area contributed by atoms with Crippen molar-refractivity contribution < 1.29 is 23.8 Å². The first-order valence-corrected chi connectivity index (χ1v) is 10.4. The van der Waals surface area contributed by atoms with Crippen LogP contribution in [0.1, 0.15) is 5.56 Å². The van der Waals surface area contributed by atoms with Crippen LogP contribution < -0.4 is 14.4 Å². The van der Waals surface area contributed by atoms with E-state index in [1.807, 2.05) is 0 Å².